The number of hydrogen-bond acceptors (Lipinski definition) is 1. The highest BCUT2D eigenvalue weighted by molar-refractivity contribution is 4.82. The third kappa shape index (κ3) is 3.57. The first-order chi connectivity index (χ1) is 5.88. The van der Waals surface area contributed by atoms with Crippen LogP contribution in [-0.4, -0.2) is 12.2 Å². The standard InChI is InChI=1S/C11H22O/c1-3-5-6-7-8-9-11-10(4-2)12-11/h10-11H,3-9H2,1-2H3/t10-,11-/m1/s1. The summed E-state index contributed by atoms with van der Waals surface area (Å²) < 4.78 is 5.47. The molecule has 1 aliphatic heterocycles. The highest BCUT2D eigenvalue weighted by Crippen LogP contribution is 2.29. The molecule has 0 aromatic rings. The van der Waals surface area contributed by atoms with Gasteiger partial charge in [-0.2, -0.15) is 0 Å². The Morgan fingerprint density at radius 3 is 2.25 bits per heavy atom. The summed E-state index contributed by atoms with van der Waals surface area (Å²) >= 11 is 0. The van der Waals surface area contributed by atoms with Crippen LogP contribution in [0.5, 0.6) is 0 Å². The number of ether oxygens (including phenoxy) is 1. The van der Waals surface area contributed by atoms with Gasteiger partial charge in [0.25, 0.3) is 0 Å². The van der Waals surface area contributed by atoms with Crippen molar-refractivity contribution in [2.75, 3.05) is 0 Å². The van der Waals surface area contributed by atoms with Crippen LogP contribution >= 0.6 is 0 Å². The van der Waals surface area contributed by atoms with Gasteiger partial charge in [-0.05, 0) is 12.8 Å². The summed E-state index contributed by atoms with van der Waals surface area (Å²) in [7, 11) is 0. The minimum absolute atomic E-state index is 0.621. The van der Waals surface area contributed by atoms with Crippen molar-refractivity contribution in [3.05, 3.63) is 0 Å². The smallest absolute Gasteiger partial charge is 0.0841 e. The van der Waals surface area contributed by atoms with E-state index in [1.54, 1.807) is 0 Å². The molecule has 0 saturated carbocycles. The molecule has 12 heavy (non-hydrogen) atoms. The predicted molar refractivity (Wildman–Crippen MR) is 52.3 cm³/mol. The van der Waals surface area contributed by atoms with Crippen LogP contribution in [0.1, 0.15) is 58.8 Å². The Balaban J connectivity index is 1.78. The van der Waals surface area contributed by atoms with E-state index in [1.807, 2.05) is 0 Å². The number of hydrogen-bond donors (Lipinski definition) is 0. The number of rotatable bonds is 7. The fraction of sp³-hybridized carbons (Fsp3) is 1.00. The first-order valence-electron chi connectivity index (χ1n) is 5.54. The summed E-state index contributed by atoms with van der Waals surface area (Å²) in [4.78, 5) is 0. The van der Waals surface area contributed by atoms with E-state index in [2.05, 4.69) is 13.8 Å². The SMILES string of the molecule is CCCCCCC[C@H]1O[C@@H]1CC. The molecule has 0 bridgehead atoms. The Kier molecular flexibility index (Phi) is 4.67. The number of unbranched alkanes of at least 4 members (excludes halogenated alkanes) is 4. The summed E-state index contributed by atoms with van der Waals surface area (Å²) in [6.45, 7) is 4.47. The van der Waals surface area contributed by atoms with Crippen LogP contribution < -0.4 is 0 Å². The van der Waals surface area contributed by atoms with Crippen molar-refractivity contribution < 1.29 is 4.74 Å². The second-order valence-electron chi connectivity index (χ2n) is 3.82. The second kappa shape index (κ2) is 5.58. The van der Waals surface area contributed by atoms with Gasteiger partial charge in [0, 0.05) is 0 Å². The molecule has 0 amide bonds. The molecule has 1 fully saturated rings. The third-order valence-corrected chi connectivity index (χ3v) is 2.68. The van der Waals surface area contributed by atoms with Crippen molar-refractivity contribution in [2.45, 2.75) is 71.0 Å². The Hall–Kier alpha value is -0.0400. The first-order valence-corrected chi connectivity index (χ1v) is 5.54. The van der Waals surface area contributed by atoms with E-state index in [-0.39, 0.29) is 0 Å². The van der Waals surface area contributed by atoms with E-state index in [0.717, 1.165) is 0 Å². The molecule has 72 valence electrons. The zero-order chi connectivity index (χ0) is 8.81. The minimum Gasteiger partial charge on any atom is -0.370 e. The van der Waals surface area contributed by atoms with Crippen LogP contribution in [0, 0.1) is 0 Å². The highest BCUT2D eigenvalue weighted by Gasteiger charge is 2.35. The first kappa shape index (κ1) is 10.0. The van der Waals surface area contributed by atoms with Gasteiger partial charge >= 0.3 is 0 Å². The third-order valence-electron chi connectivity index (χ3n) is 2.68. The highest BCUT2D eigenvalue weighted by atomic mass is 16.6. The molecule has 0 N–H and O–H groups in total. The molecule has 1 aliphatic rings. The minimum atomic E-state index is 0.621. The zero-order valence-corrected chi connectivity index (χ0v) is 8.51. The van der Waals surface area contributed by atoms with Gasteiger partial charge in [0.15, 0.2) is 0 Å². The lowest BCUT2D eigenvalue weighted by Gasteiger charge is -1.96. The largest absolute Gasteiger partial charge is 0.370 e. The molecule has 1 rings (SSSR count). The van der Waals surface area contributed by atoms with E-state index in [4.69, 9.17) is 4.74 Å². The van der Waals surface area contributed by atoms with Crippen molar-refractivity contribution in [3.63, 3.8) is 0 Å². The molecular formula is C11H22O. The van der Waals surface area contributed by atoms with Crippen LogP contribution in [0.4, 0.5) is 0 Å². The van der Waals surface area contributed by atoms with Gasteiger partial charge in [-0.25, -0.2) is 0 Å². The van der Waals surface area contributed by atoms with Gasteiger partial charge in [0.05, 0.1) is 12.2 Å². The molecule has 2 atom stereocenters. The fourth-order valence-electron chi connectivity index (χ4n) is 1.74. The Morgan fingerprint density at radius 2 is 1.67 bits per heavy atom. The molecule has 0 aromatic heterocycles. The Morgan fingerprint density at radius 1 is 0.917 bits per heavy atom. The second-order valence-corrected chi connectivity index (χ2v) is 3.82. The number of epoxide rings is 1. The molecule has 1 nitrogen and oxygen atoms in total. The molecule has 1 saturated heterocycles. The summed E-state index contributed by atoms with van der Waals surface area (Å²) in [6, 6.07) is 0. The van der Waals surface area contributed by atoms with Gasteiger partial charge in [-0.3, -0.25) is 0 Å². The van der Waals surface area contributed by atoms with Crippen molar-refractivity contribution in [3.8, 4) is 0 Å². The predicted octanol–water partition coefficient (Wildman–Crippen LogP) is 3.52. The maximum absolute atomic E-state index is 5.47. The lowest BCUT2D eigenvalue weighted by molar-refractivity contribution is 0.355. The monoisotopic (exact) mass is 170 g/mol. The zero-order valence-electron chi connectivity index (χ0n) is 8.51. The van der Waals surface area contributed by atoms with Crippen LogP contribution in [0.2, 0.25) is 0 Å². The molecule has 1 heteroatoms. The fourth-order valence-corrected chi connectivity index (χ4v) is 1.74. The maximum atomic E-state index is 5.47. The molecule has 1 heterocycles. The Bertz CT molecular complexity index is 112. The summed E-state index contributed by atoms with van der Waals surface area (Å²) in [5.74, 6) is 0. The van der Waals surface area contributed by atoms with Crippen molar-refractivity contribution >= 4 is 0 Å². The van der Waals surface area contributed by atoms with Crippen LogP contribution in [-0.2, 0) is 4.74 Å². The van der Waals surface area contributed by atoms with Crippen LogP contribution in [0.15, 0.2) is 0 Å². The van der Waals surface area contributed by atoms with Crippen LogP contribution in [0.3, 0.4) is 0 Å². The quantitative estimate of drug-likeness (QED) is 0.420. The van der Waals surface area contributed by atoms with E-state index >= 15 is 0 Å². The Labute approximate surface area is 76.5 Å². The average Bonchev–Trinajstić information content (AvgIpc) is 2.83. The summed E-state index contributed by atoms with van der Waals surface area (Å²) in [5.41, 5.74) is 0. The van der Waals surface area contributed by atoms with Gasteiger partial charge in [-0.1, -0.05) is 46.0 Å². The molecule has 0 unspecified atom stereocenters. The van der Waals surface area contributed by atoms with Crippen molar-refractivity contribution in [2.24, 2.45) is 0 Å². The van der Waals surface area contributed by atoms with Gasteiger partial charge < -0.3 is 4.74 Å². The van der Waals surface area contributed by atoms with Gasteiger partial charge in [0.2, 0.25) is 0 Å². The summed E-state index contributed by atoms with van der Waals surface area (Å²) in [5, 5.41) is 0. The molecule has 0 radical (unpaired) electrons. The molecule has 0 aromatic carbocycles. The molecule has 0 aliphatic carbocycles. The van der Waals surface area contributed by atoms with Crippen molar-refractivity contribution in [1.82, 2.24) is 0 Å². The topological polar surface area (TPSA) is 12.5 Å². The summed E-state index contributed by atoms with van der Waals surface area (Å²) in [6.07, 6.45) is 10.7. The lowest BCUT2D eigenvalue weighted by atomic mass is 10.1. The average molecular weight is 170 g/mol. The van der Waals surface area contributed by atoms with E-state index in [9.17, 15) is 0 Å². The van der Waals surface area contributed by atoms with Crippen molar-refractivity contribution in [1.29, 1.82) is 0 Å². The van der Waals surface area contributed by atoms with Gasteiger partial charge in [-0.15, -0.1) is 0 Å². The normalized spacial score (nSPS) is 27.5. The van der Waals surface area contributed by atoms with E-state index in [0.29, 0.717) is 12.2 Å². The lowest BCUT2D eigenvalue weighted by Crippen LogP contribution is -1.91. The van der Waals surface area contributed by atoms with Crippen LogP contribution in [0.25, 0.3) is 0 Å². The van der Waals surface area contributed by atoms with E-state index in [1.165, 1.54) is 44.9 Å². The van der Waals surface area contributed by atoms with Gasteiger partial charge in [0.1, 0.15) is 0 Å². The van der Waals surface area contributed by atoms with E-state index < -0.39 is 0 Å². The molecule has 0 spiro atoms. The molecular weight excluding hydrogens is 148 g/mol. The maximum Gasteiger partial charge on any atom is 0.0841 e.